The fourth-order valence-electron chi connectivity index (χ4n) is 8.20. The molecule has 2 aliphatic rings. The van der Waals surface area contributed by atoms with Crippen LogP contribution >= 0.6 is 0 Å². The van der Waals surface area contributed by atoms with Crippen LogP contribution in [0.4, 0.5) is 0 Å². The Morgan fingerprint density at radius 2 is 0.784 bits per heavy atom. The molecule has 0 aliphatic heterocycles. The van der Waals surface area contributed by atoms with Crippen molar-refractivity contribution in [3.05, 3.63) is 173 Å². The Morgan fingerprint density at radius 1 is 0.353 bits per heavy atom. The molecule has 1 aromatic heterocycles. The smallest absolute Gasteiger partial charge is 0.164 e. The summed E-state index contributed by atoms with van der Waals surface area (Å²) in [6, 6.07) is 50.7. The second kappa shape index (κ2) is 11.2. The zero-order valence-electron chi connectivity index (χ0n) is 30.1. The average Bonchev–Trinajstić information content (AvgIpc) is 3.61. The zero-order chi connectivity index (χ0) is 35.1. The number of fused-ring (bicyclic) bond motifs is 10. The topological polar surface area (TPSA) is 38.7 Å². The number of benzene rings is 6. The van der Waals surface area contributed by atoms with Gasteiger partial charge in [0.2, 0.25) is 0 Å². The van der Waals surface area contributed by atoms with Crippen molar-refractivity contribution < 1.29 is 0 Å². The molecule has 1 heterocycles. The van der Waals surface area contributed by atoms with Gasteiger partial charge in [-0.05, 0) is 72.5 Å². The number of hydrogen-bond acceptors (Lipinski definition) is 3. The highest BCUT2D eigenvalue weighted by molar-refractivity contribution is 5.96. The fourth-order valence-corrected chi connectivity index (χ4v) is 8.20. The van der Waals surface area contributed by atoms with Crippen molar-refractivity contribution in [3.63, 3.8) is 0 Å². The third-order valence-corrected chi connectivity index (χ3v) is 10.9. The maximum atomic E-state index is 5.10. The lowest BCUT2D eigenvalue weighted by atomic mass is 9.69. The van der Waals surface area contributed by atoms with Crippen LogP contribution in [0.15, 0.2) is 140 Å². The summed E-state index contributed by atoms with van der Waals surface area (Å²) in [5, 5.41) is 0. The Morgan fingerprint density at radius 3 is 1.29 bits per heavy atom. The molecular weight excluding hydrogens is 619 g/mol. The second-order valence-corrected chi connectivity index (χ2v) is 16.1. The normalized spacial score (nSPS) is 13.8. The van der Waals surface area contributed by atoms with Crippen molar-refractivity contribution in [2.75, 3.05) is 0 Å². The Balaban J connectivity index is 1.32. The van der Waals surface area contributed by atoms with Gasteiger partial charge in [0.15, 0.2) is 17.5 Å². The minimum atomic E-state index is -0.443. The van der Waals surface area contributed by atoms with Crippen molar-refractivity contribution in [3.8, 4) is 56.4 Å². The summed E-state index contributed by atoms with van der Waals surface area (Å²) >= 11 is 0. The van der Waals surface area contributed by atoms with E-state index >= 15 is 0 Å². The first-order valence-electron chi connectivity index (χ1n) is 18.0. The summed E-state index contributed by atoms with van der Waals surface area (Å²) in [6.07, 6.45) is 0. The number of aromatic nitrogens is 3. The van der Waals surface area contributed by atoms with Gasteiger partial charge in [-0.3, -0.25) is 0 Å². The lowest BCUT2D eigenvalue weighted by Gasteiger charge is -2.32. The zero-order valence-corrected chi connectivity index (χ0v) is 30.1. The lowest BCUT2D eigenvalue weighted by molar-refractivity contribution is 0.586. The van der Waals surface area contributed by atoms with E-state index in [4.69, 9.17) is 15.0 Å². The molecule has 7 aromatic rings. The van der Waals surface area contributed by atoms with E-state index in [9.17, 15) is 0 Å². The molecule has 3 nitrogen and oxygen atoms in total. The Labute approximate surface area is 301 Å². The summed E-state index contributed by atoms with van der Waals surface area (Å²) in [4.78, 5) is 15.1. The van der Waals surface area contributed by atoms with Gasteiger partial charge < -0.3 is 0 Å². The summed E-state index contributed by atoms with van der Waals surface area (Å²) in [5.74, 6) is 2.00. The van der Waals surface area contributed by atoms with Crippen LogP contribution in [0, 0.1) is 0 Å². The van der Waals surface area contributed by atoms with Gasteiger partial charge in [-0.15, -0.1) is 0 Å². The molecule has 6 aromatic carbocycles. The first-order valence-corrected chi connectivity index (χ1v) is 18.0. The number of nitrogens with zero attached hydrogens (tertiary/aromatic N) is 3. The highest BCUT2D eigenvalue weighted by Crippen LogP contribution is 2.63. The van der Waals surface area contributed by atoms with Gasteiger partial charge in [-0.2, -0.15) is 0 Å². The third kappa shape index (κ3) is 4.82. The maximum Gasteiger partial charge on any atom is 0.164 e. The van der Waals surface area contributed by atoms with Gasteiger partial charge in [0.1, 0.15) is 0 Å². The Hall–Kier alpha value is -5.67. The van der Waals surface area contributed by atoms with Crippen molar-refractivity contribution >= 4 is 0 Å². The van der Waals surface area contributed by atoms with Crippen LogP contribution in [-0.2, 0) is 16.2 Å². The van der Waals surface area contributed by atoms with Gasteiger partial charge >= 0.3 is 0 Å². The molecule has 0 saturated heterocycles. The number of hydrogen-bond donors (Lipinski definition) is 0. The van der Waals surface area contributed by atoms with Crippen LogP contribution in [0.2, 0.25) is 0 Å². The molecule has 0 amide bonds. The first kappa shape index (κ1) is 31.3. The van der Waals surface area contributed by atoms with E-state index in [-0.39, 0.29) is 10.8 Å². The number of rotatable bonds is 3. The molecule has 0 saturated carbocycles. The summed E-state index contributed by atoms with van der Waals surface area (Å²) in [7, 11) is 0. The van der Waals surface area contributed by atoms with Crippen LogP contribution in [0.3, 0.4) is 0 Å². The minimum Gasteiger partial charge on any atom is -0.208 e. The van der Waals surface area contributed by atoms with E-state index in [1.165, 1.54) is 55.6 Å². The predicted molar refractivity (Wildman–Crippen MR) is 210 cm³/mol. The van der Waals surface area contributed by atoms with Crippen molar-refractivity contribution in [1.29, 1.82) is 0 Å². The van der Waals surface area contributed by atoms with Crippen LogP contribution in [0.1, 0.15) is 74.9 Å². The molecule has 0 bridgehead atoms. The van der Waals surface area contributed by atoms with E-state index in [2.05, 4.69) is 145 Å². The van der Waals surface area contributed by atoms with Crippen molar-refractivity contribution in [1.82, 2.24) is 15.0 Å². The third-order valence-electron chi connectivity index (χ3n) is 10.9. The highest BCUT2D eigenvalue weighted by atomic mass is 15.0. The van der Waals surface area contributed by atoms with E-state index in [0.29, 0.717) is 17.5 Å². The molecule has 51 heavy (non-hydrogen) atoms. The van der Waals surface area contributed by atoms with Crippen LogP contribution in [0.5, 0.6) is 0 Å². The quantitative estimate of drug-likeness (QED) is 0.189. The molecule has 0 fully saturated rings. The first-order chi connectivity index (χ1) is 24.5. The van der Waals surface area contributed by atoms with Crippen molar-refractivity contribution in [2.24, 2.45) is 0 Å². The molecule has 0 radical (unpaired) electrons. The molecule has 0 unspecified atom stereocenters. The fraction of sp³-hybridized carbons (Fsp3) is 0.188. The maximum absolute atomic E-state index is 5.10. The van der Waals surface area contributed by atoms with Gasteiger partial charge in [-0.25, -0.2) is 15.0 Å². The minimum absolute atomic E-state index is 0.0119. The second-order valence-electron chi connectivity index (χ2n) is 16.1. The van der Waals surface area contributed by atoms with Gasteiger partial charge in [0.25, 0.3) is 0 Å². The van der Waals surface area contributed by atoms with E-state index < -0.39 is 5.41 Å². The molecule has 1 spiro atoms. The standard InChI is InChI=1S/C48H41N3/c1-46(2,3)33-22-24-36-37-25-23-34(47(4,5)6)29-42(37)48(41(36)28-33)39-20-14-13-19-35(39)38-27-32(21-26-40(38)48)45-50-43(30-15-9-7-10-16-30)49-44(51-45)31-17-11-8-12-18-31/h7-29H,1-6H3. The molecule has 9 rings (SSSR count). The lowest BCUT2D eigenvalue weighted by Crippen LogP contribution is -2.27. The molecule has 3 heteroatoms. The van der Waals surface area contributed by atoms with E-state index in [1.807, 2.05) is 36.4 Å². The summed E-state index contributed by atoms with van der Waals surface area (Å²) in [6.45, 7) is 13.9. The van der Waals surface area contributed by atoms with E-state index in [1.54, 1.807) is 0 Å². The van der Waals surface area contributed by atoms with Crippen LogP contribution in [0.25, 0.3) is 56.4 Å². The highest BCUT2D eigenvalue weighted by Gasteiger charge is 2.52. The molecule has 248 valence electrons. The van der Waals surface area contributed by atoms with E-state index in [0.717, 1.165) is 16.7 Å². The average molecular weight is 660 g/mol. The van der Waals surface area contributed by atoms with Gasteiger partial charge in [-0.1, -0.05) is 175 Å². The van der Waals surface area contributed by atoms with Gasteiger partial charge in [0, 0.05) is 16.7 Å². The largest absolute Gasteiger partial charge is 0.208 e. The predicted octanol–water partition coefficient (Wildman–Crippen LogP) is 11.8. The van der Waals surface area contributed by atoms with Crippen LogP contribution < -0.4 is 0 Å². The summed E-state index contributed by atoms with van der Waals surface area (Å²) < 4.78 is 0. The van der Waals surface area contributed by atoms with Gasteiger partial charge in [0.05, 0.1) is 5.41 Å². The van der Waals surface area contributed by atoms with Crippen molar-refractivity contribution in [2.45, 2.75) is 57.8 Å². The van der Waals surface area contributed by atoms with Crippen LogP contribution in [-0.4, -0.2) is 15.0 Å². The summed E-state index contributed by atoms with van der Waals surface area (Å²) in [5.41, 5.74) is 15.7. The molecule has 2 aliphatic carbocycles. The molecular formula is C48H41N3. The molecule has 0 N–H and O–H groups in total. The Bertz CT molecular complexity index is 2360. The monoisotopic (exact) mass is 659 g/mol. The molecule has 0 atom stereocenters. The SMILES string of the molecule is CC(C)(C)c1ccc2c(c1)C1(c3ccccc3-c3cc(-c4nc(-c5ccccc5)nc(-c5ccccc5)n4)ccc31)c1cc(C(C)(C)C)ccc1-2. The Kier molecular flexibility index (Phi) is 6.86.